The summed E-state index contributed by atoms with van der Waals surface area (Å²) in [6, 6.07) is 20.1. The van der Waals surface area contributed by atoms with Crippen LogP contribution in [0.15, 0.2) is 90.0 Å². The molecule has 61 heavy (non-hydrogen) atoms. The smallest absolute Gasteiger partial charge is 0.424 e. The second-order valence-electron chi connectivity index (χ2n) is 16.1. The van der Waals surface area contributed by atoms with Crippen LogP contribution in [0.2, 0.25) is 0 Å². The van der Waals surface area contributed by atoms with Crippen molar-refractivity contribution in [2.75, 3.05) is 23.6 Å². The van der Waals surface area contributed by atoms with E-state index in [1.165, 1.54) is 55.8 Å². The number of amides is 3. The van der Waals surface area contributed by atoms with Gasteiger partial charge in [0.15, 0.2) is 15.5 Å². The number of hydrogen-bond donors (Lipinski definition) is 2. The maximum atomic E-state index is 14.3. The highest BCUT2D eigenvalue weighted by Gasteiger charge is 2.38. The molecule has 18 heteroatoms. The summed E-state index contributed by atoms with van der Waals surface area (Å²) in [5.74, 6) is -2.96. The van der Waals surface area contributed by atoms with Gasteiger partial charge in [0.1, 0.15) is 22.7 Å². The molecule has 3 amide bonds. The SMILES string of the molecule is COc1cc(S(C)(=O)=O)ccc1N(C(=O)OC(OC(=O)C(C)(C)NC(=O)OC(C)(C)C)C(C)C)c1nc2ccc(-c3ccc(NC(=O)[C@H](C)c4ccc(F)cc4)cc3)cn2n1. The van der Waals surface area contributed by atoms with Gasteiger partial charge in [0.2, 0.25) is 5.91 Å². The number of ether oxygens (including phenoxy) is 4. The molecule has 0 fully saturated rings. The third-order valence-electron chi connectivity index (χ3n) is 9.08. The van der Waals surface area contributed by atoms with E-state index >= 15 is 0 Å². The Balaban J connectivity index is 1.44. The summed E-state index contributed by atoms with van der Waals surface area (Å²) in [6.07, 6.45) is -0.777. The highest BCUT2D eigenvalue weighted by atomic mass is 32.2. The summed E-state index contributed by atoms with van der Waals surface area (Å²) in [7, 11) is -2.40. The molecule has 0 aliphatic carbocycles. The third kappa shape index (κ3) is 11.4. The van der Waals surface area contributed by atoms with Gasteiger partial charge in [-0.3, -0.25) is 4.79 Å². The van der Waals surface area contributed by atoms with Crippen molar-refractivity contribution in [2.24, 2.45) is 5.92 Å². The van der Waals surface area contributed by atoms with Crippen molar-refractivity contribution in [1.82, 2.24) is 19.9 Å². The molecule has 1 unspecified atom stereocenters. The van der Waals surface area contributed by atoms with Crippen LogP contribution in [0, 0.1) is 11.7 Å². The fourth-order valence-corrected chi connectivity index (χ4v) is 6.34. The Morgan fingerprint density at radius 3 is 2.08 bits per heavy atom. The highest BCUT2D eigenvalue weighted by molar-refractivity contribution is 7.90. The summed E-state index contributed by atoms with van der Waals surface area (Å²) in [6.45, 7) is 12.8. The maximum absolute atomic E-state index is 14.3. The average Bonchev–Trinajstić information content (AvgIpc) is 3.59. The zero-order valence-electron chi connectivity index (χ0n) is 35.5. The lowest BCUT2D eigenvalue weighted by molar-refractivity contribution is -0.180. The first kappa shape index (κ1) is 45.5. The van der Waals surface area contributed by atoms with Crippen LogP contribution in [0.5, 0.6) is 5.75 Å². The summed E-state index contributed by atoms with van der Waals surface area (Å²) in [4.78, 5) is 58.5. The number of halogens is 1. The van der Waals surface area contributed by atoms with E-state index in [1.54, 1.807) is 96.3 Å². The minimum Gasteiger partial charge on any atom is -0.495 e. The molecule has 0 saturated heterocycles. The average molecular weight is 861 g/mol. The van der Waals surface area contributed by atoms with E-state index in [0.717, 1.165) is 16.7 Å². The van der Waals surface area contributed by atoms with Crippen LogP contribution in [0.3, 0.4) is 0 Å². The van der Waals surface area contributed by atoms with Crippen LogP contribution in [0.1, 0.15) is 66.9 Å². The van der Waals surface area contributed by atoms with Crippen molar-refractivity contribution in [1.29, 1.82) is 0 Å². The molecule has 0 radical (unpaired) electrons. The van der Waals surface area contributed by atoms with Gasteiger partial charge in [0.05, 0.1) is 23.6 Å². The summed E-state index contributed by atoms with van der Waals surface area (Å²) in [5.41, 5.74) is 0.534. The van der Waals surface area contributed by atoms with Crippen LogP contribution in [0.4, 0.5) is 31.3 Å². The molecule has 2 aromatic heterocycles. The molecule has 324 valence electrons. The second kappa shape index (κ2) is 18.0. The van der Waals surface area contributed by atoms with Gasteiger partial charge in [-0.2, -0.15) is 4.98 Å². The fourth-order valence-electron chi connectivity index (χ4n) is 5.71. The molecular formula is C43H49FN6O10S. The number of nitrogens with one attached hydrogen (secondary N) is 2. The van der Waals surface area contributed by atoms with Gasteiger partial charge in [0.25, 0.3) is 12.2 Å². The van der Waals surface area contributed by atoms with Crippen molar-refractivity contribution in [3.05, 3.63) is 96.4 Å². The first-order valence-corrected chi connectivity index (χ1v) is 21.0. The van der Waals surface area contributed by atoms with Crippen molar-refractivity contribution in [2.45, 2.75) is 83.6 Å². The Bertz CT molecular complexity index is 2540. The molecule has 5 aromatic rings. The van der Waals surface area contributed by atoms with E-state index in [-0.39, 0.29) is 34.0 Å². The molecule has 3 aromatic carbocycles. The largest absolute Gasteiger partial charge is 0.495 e. The first-order chi connectivity index (χ1) is 28.4. The number of pyridine rings is 1. The Hall–Kier alpha value is -6.56. The number of sulfone groups is 1. The van der Waals surface area contributed by atoms with Gasteiger partial charge in [-0.05, 0) is 101 Å². The monoisotopic (exact) mass is 860 g/mol. The lowest BCUT2D eigenvalue weighted by atomic mass is 10.00. The van der Waals surface area contributed by atoms with Gasteiger partial charge < -0.3 is 29.6 Å². The molecule has 2 heterocycles. The van der Waals surface area contributed by atoms with Crippen molar-refractivity contribution in [3.8, 4) is 16.9 Å². The van der Waals surface area contributed by atoms with E-state index in [2.05, 4.69) is 20.7 Å². The maximum Gasteiger partial charge on any atom is 0.424 e. The molecule has 16 nitrogen and oxygen atoms in total. The summed E-state index contributed by atoms with van der Waals surface area (Å²) in [5, 5.41) is 9.92. The molecule has 0 aliphatic heterocycles. The lowest BCUT2D eigenvalue weighted by Gasteiger charge is -2.30. The van der Waals surface area contributed by atoms with Crippen molar-refractivity contribution < 1.29 is 50.9 Å². The third-order valence-corrected chi connectivity index (χ3v) is 10.2. The van der Waals surface area contributed by atoms with E-state index < -0.39 is 57.3 Å². The number of aromatic nitrogens is 3. The van der Waals surface area contributed by atoms with Gasteiger partial charge in [-0.25, -0.2) is 36.6 Å². The molecule has 5 rings (SSSR count). The van der Waals surface area contributed by atoms with Gasteiger partial charge in [0, 0.05) is 35.7 Å². The number of esters is 1. The number of carbonyl (C=O) groups is 4. The number of benzene rings is 3. The Kier molecular flexibility index (Phi) is 13.4. The molecule has 0 aliphatic rings. The zero-order chi connectivity index (χ0) is 45.0. The van der Waals surface area contributed by atoms with E-state index in [4.69, 9.17) is 18.9 Å². The number of carbonyl (C=O) groups excluding carboxylic acids is 4. The highest BCUT2D eigenvalue weighted by Crippen LogP contribution is 2.36. The van der Waals surface area contributed by atoms with E-state index in [1.807, 2.05) is 0 Å². The van der Waals surface area contributed by atoms with E-state index in [0.29, 0.717) is 22.5 Å². The number of nitrogens with zero attached hydrogens (tertiary/aromatic N) is 4. The predicted molar refractivity (Wildman–Crippen MR) is 225 cm³/mol. The van der Waals surface area contributed by atoms with Gasteiger partial charge in [-0.1, -0.05) is 38.1 Å². The minimum absolute atomic E-state index is 0.00293. The predicted octanol–water partition coefficient (Wildman–Crippen LogP) is 7.79. The number of rotatable bonds is 13. The van der Waals surface area contributed by atoms with Crippen LogP contribution in [-0.4, -0.2) is 77.9 Å². The Labute approximate surface area is 353 Å². The van der Waals surface area contributed by atoms with Gasteiger partial charge >= 0.3 is 18.2 Å². The molecule has 2 atom stereocenters. The van der Waals surface area contributed by atoms with Gasteiger partial charge in [-0.15, -0.1) is 5.10 Å². The number of hydrogen-bond acceptors (Lipinski definition) is 12. The van der Waals surface area contributed by atoms with Crippen LogP contribution >= 0.6 is 0 Å². The Morgan fingerprint density at radius 2 is 1.49 bits per heavy atom. The summed E-state index contributed by atoms with van der Waals surface area (Å²) < 4.78 is 62.0. The molecule has 2 N–H and O–H groups in total. The van der Waals surface area contributed by atoms with E-state index in [9.17, 15) is 32.0 Å². The molecular weight excluding hydrogens is 812 g/mol. The minimum atomic E-state index is -3.70. The topological polar surface area (TPSA) is 197 Å². The molecule has 0 saturated carbocycles. The summed E-state index contributed by atoms with van der Waals surface area (Å²) >= 11 is 0. The first-order valence-electron chi connectivity index (χ1n) is 19.1. The standard InChI is InChI=1S/C43H49FN6O10S/c1-25(2)37(58-38(52)43(7,8)47-40(53)60-42(4,5)6)59-41(54)50(33-21-20-32(61(10,55)56)23-34(33)57-9)39-46-35-22-15-29(24-49(35)48-39)28-13-18-31(19-14-28)45-36(51)26(3)27-11-16-30(44)17-12-27/h11-26,37H,1-10H3,(H,45,51)(H,47,53)/t26-,37?/m1/s1. The Morgan fingerprint density at radius 1 is 0.852 bits per heavy atom. The number of alkyl carbamates (subject to hydrolysis) is 1. The fraction of sp³-hybridized carbons (Fsp3) is 0.349. The normalized spacial score (nSPS) is 12.9. The quantitative estimate of drug-likeness (QED) is 0.0863. The van der Waals surface area contributed by atoms with Crippen molar-refractivity contribution in [3.63, 3.8) is 0 Å². The second-order valence-corrected chi connectivity index (χ2v) is 18.1. The zero-order valence-corrected chi connectivity index (χ0v) is 36.3. The molecule has 0 spiro atoms. The number of fused-ring (bicyclic) bond motifs is 1. The molecule has 0 bridgehead atoms. The lowest BCUT2D eigenvalue weighted by Crippen LogP contribution is -2.53. The van der Waals surface area contributed by atoms with Crippen LogP contribution < -0.4 is 20.3 Å². The van der Waals surface area contributed by atoms with Crippen LogP contribution in [-0.2, 0) is 33.6 Å². The number of methoxy groups -OCH3 is 1. The number of anilines is 3. The van der Waals surface area contributed by atoms with Crippen LogP contribution in [0.25, 0.3) is 16.8 Å². The van der Waals surface area contributed by atoms with Crippen molar-refractivity contribution >= 4 is 56.9 Å².